The second-order valence-corrected chi connectivity index (χ2v) is 6.08. The van der Waals surface area contributed by atoms with Gasteiger partial charge < -0.3 is 9.73 Å². The number of hydrogen-bond acceptors (Lipinski definition) is 6. The minimum absolute atomic E-state index is 0.0187. The van der Waals surface area contributed by atoms with E-state index in [2.05, 4.69) is 5.32 Å². The topological polar surface area (TPSA) is 85.4 Å². The second kappa shape index (κ2) is 5.74. The lowest BCUT2D eigenvalue weighted by atomic mass is 10.1. The van der Waals surface area contributed by atoms with Crippen molar-refractivity contribution >= 4 is 46.0 Å². The standard InChI is InChI=1S/C14H8N2O4S2/c17-13-12(22-14(21)15-13)7-10-5-6-11(20-10)8-1-3-9(4-2-8)16(18)19/h1-7H,(H,15,17,21)/b12-7-. The fourth-order valence-electron chi connectivity index (χ4n) is 1.88. The predicted octanol–water partition coefficient (Wildman–Crippen LogP) is 3.34. The van der Waals surface area contributed by atoms with Crippen LogP contribution in [0.1, 0.15) is 5.76 Å². The van der Waals surface area contributed by atoms with Gasteiger partial charge in [-0.05, 0) is 24.3 Å². The summed E-state index contributed by atoms with van der Waals surface area (Å²) in [5, 5.41) is 13.2. The molecule has 1 N–H and O–H groups in total. The number of nitrogens with zero attached hydrogens (tertiary/aromatic N) is 1. The molecule has 0 spiro atoms. The van der Waals surface area contributed by atoms with Gasteiger partial charge in [-0.25, -0.2) is 0 Å². The number of nitro benzene ring substituents is 1. The molecule has 1 fully saturated rings. The molecule has 0 radical (unpaired) electrons. The average molecular weight is 332 g/mol. The fraction of sp³-hybridized carbons (Fsp3) is 0. The molecule has 0 atom stereocenters. The lowest BCUT2D eigenvalue weighted by Crippen LogP contribution is -2.17. The molecule has 1 aliphatic rings. The molecule has 2 heterocycles. The molecule has 1 aromatic carbocycles. The maximum Gasteiger partial charge on any atom is 0.269 e. The monoisotopic (exact) mass is 332 g/mol. The third kappa shape index (κ3) is 2.92. The van der Waals surface area contributed by atoms with Crippen LogP contribution in [0.2, 0.25) is 0 Å². The Hall–Kier alpha value is -2.45. The van der Waals surface area contributed by atoms with Crippen LogP contribution in [0.3, 0.4) is 0 Å². The molecule has 8 heteroatoms. The highest BCUT2D eigenvalue weighted by atomic mass is 32.2. The number of furan rings is 1. The summed E-state index contributed by atoms with van der Waals surface area (Å²) in [4.78, 5) is 22.2. The summed E-state index contributed by atoms with van der Waals surface area (Å²) < 4.78 is 6.05. The van der Waals surface area contributed by atoms with Crippen molar-refractivity contribution in [3.8, 4) is 11.3 Å². The lowest BCUT2D eigenvalue weighted by molar-refractivity contribution is -0.384. The highest BCUT2D eigenvalue weighted by molar-refractivity contribution is 8.26. The Morgan fingerprint density at radius 3 is 2.55 bits per heavy atom. The number of thiocarbonyl (C=S) groups is 1. The zero-order valence-corrected chi connectivity index (χ0v) is 12.6. The number of amides is 1. The highest BCUT2D eigenvalue weighted by Crippen LogP contribution is 2.29. The summed E-state index contributed by atoms with van der Waals surface area (Å²) in [6.07, 6.45) is 1.61. The van der Waals surface area contributed by atoms with Gasteiger partial charge in [0.05, 0.1) is 9.83 Å². The Kier molecular flexibility index (Phi) is 3.78. The first-order valence-electron chi connectivity index (χ1n) is 6.12. The molecule has 110 valence electrons. The molecule has 1 saturated heterocycles. The number of non-ortho nitro benzene ring substituents is 1. The molecule has 1 aliphatic heterocycles. The summed E-state index contributed by atoms with van der Waals surface area (Å²) in [6.45, 7) is 0. The van der Waals surface area contributed by atoms with E-state index in [0.29, 0.717) is 26.3 Å². The second-order valence-electron chi connectivity index (χ2n) is 4.36. The maximum absolute atomic E-state index is 11.6. The number of nitro groups is 1. The third-order valence-electron chi connectivity index (χ3n) is 2.90. The zero-order chi connectivity index (χ0) is 15.7. The molecule has 1 aromatic heterocycles. The van der Waals surface area contributed by atoms with Gasteiger partial charge in [0.25, 0.3) is 11.6 Å². The number of nitrogens with one attached hydrogen (secondary N) is 1. The predicted molar refractivity (Wildman–Crippen MR) is 87.1 cm³/mol. The number of carbonyl (C=O) groups is 1. The van der Waals surface area contributed by atoms with E-state index in [1.807, 2.05) is 0 Å². The van der Waals surface area contributed by atoms with Gasteiger partial charge in [-0.15, -0.1) is 0 Å². The van der Waals surface area contributed by atoms with Crippen LogP contribution in [-0.2, 0) is 4.79 Å². The van der Waals surface area contributed by atoms with E-state index < -0.39 is 4.92 Å². The normalized spacial score (nSPS) is 16.1. The van der Waals surface area contributed by atoms with Crippen LogP contribution in [0.15, 0.2) is 45.7 Å². The van der Waals surface area contributed by atoms with Crippen molar-refractivity contribution in [2.75, 3.05) is 0 Å². The Morgan fingerprint density at radius 1 is 1.23 bits per heavy atom. The van der Waals surface area contributed by atoms with Gasteiger partial charge in [-0.2, -0.15) is 0 Å². The van der Waals surface area contributed by atoms with Gasteiger partial charge in [0.2, 0.25) is 0 Å². The van der Waals surface area contributed by atoms with Crippen LogP contribution in [0.5, 0.6) is 0 Å². The number of thioether (sulfide) groups is 1. The van der Waals surface area contributed by atoms with Crippen molar-refractivity contribution in [2.45, 2.75) is 0 Å². The van der Waals surface area contributed by atoms with Crippen molar-refractivity contribution in [1.82, 2.24) is 5.32 Å². The van der Waals surface area contributed by atoms with Gasteiger partial charge in [-0.1, -0.05) is 24.0 Å². The zero-order valence-electron chi connectivity index (χ0n) is 10.9. The quantitative estimate of drug-likeness (QED) is 0.401. The molecule has 3 rings (SSSR count). The largest absolute Gasteiger partial charge is 0.457 e. The molecular weight excluding hydrogens is 324 g/mol. The van der Waals surface area contributed by atoms with Gasteiger partial charge >= 0.3 is 0 Å². The highest BCUT2D eigenvalue weighted by Gasteiger charge is 2.22. The first-order chi connectivity index (χ1) is 10.5. The van der Waals surface area contributed by atoms with E-state index in [0.717, 1.165) is 0 Å². The first kappa shape index (κ1) is 14.5. The van der Waals surface area contributed by atoms with E-state index in [9.17, 15) is 14.9 Å². The van der Waals surface area contributed by atoms with Crippen molar-refractivity contribution in [2.24, 2.45) is 0 Å². The lowest BCUT2D eigenvalue weighted by Gasteiger charge is -1.96. The number of rotatable bonds is 3. The van der Waals surface area contributed by atoms with Crippen molar-refractivity contribution in [3.63, 3.8) is 0 Å². The van der Waals surface area contributed by atoms with E-state index in [4.69, 9.17) is 16.6 Å². The Morgan fingerprint density at radius 2 is 1.95 bits per heavy atom. The number of carbonyl (C=O) groups excluding carboxylic acids is 1. The van der Waals surface area contributed by atoms with Crippen LogP contribution in [0.25, 0.3) is 17.4 Å². The number of hydrogen-bond donors (Lipinski definition) is 1. The van der Waals surface area contributed by atoms with Gasteiger partial charge in [0.1, 0.15) is 15.8 Å². The van der Waals surface area contributed by atoms with Crippen LogP contribution >= 0.6 is 24.0 Å². The molecule has 0 saturated carbocycles. The molecule has 0 bridgehead atoms. The van der Waals surface area contributed by atoms with E-state index >= 15 is 0 Å². The molecule has 22 heavy (non-hydrogen) atoms. The average Bonchev–Trinajstić information content (AvgIpc) is 3.06. The van der Waals surface area contributed by atoms with E-state index in [-0.39, 0.29) is 11.6 Å². The first-order valence-corrected chi connectivity index (χ1v) is 7.35. The molecule has 0 aliphatic carbocycles. The number of benzene rings is 1. The Bertz CT molecular complexity index is 809. The van der Waals surface area contributed by atoms with Gasteiger partial charge in [-0.3, -0.25) is 14.9 Å². The van der Waals surface area contributed by atoms with Gasteiger partial charge in [0, 0.05) is 23.8 Å². The molecular formula is C14H8N2O4S2. The van der Waals surface area contributed by atoms with Gasteiger partial charge in [0.15, 0.2) is 0 Å². The minimum Gasteiger partial charge on any atom is -0.457 e. The van der Waals surface area contributed by atoms with Crippen molar-refractivity contribution < 1.29 is 14.1 Å². The molecule has 0 unspecified atom stereocenters. The summed E-state index contributed by atoms with van der Waals surface area (Å²) in [5.41, 5.74) is 0.736. The molecule has 2 aromatic rings. The van der Waals surface area contributed by atoms with Crippen LogP contribution in [0.4, 0.5) is 5.69 Å². The summed E-state index contributed by atoms with van der Waals surface area (Å²) in [5.74, 6) is 0.826. The Labute approximate surface area is 134 Å². The maximum atomic E-state index is 11.6. The smallest absolute Gasteiger partial charge is 0.269 e. The van der Waals surface area contributed by atoms with Crippen LogP contribution in [-0.4, -0.2) is 15.2 Å². The van der Waals surface area contributed by atoms with Crippen molar-refractivity contribution in [1.29, 1.82) is 0 Å². The summed E-state index contributed by atoms with van der Waals surface area (Å²) >= 11 is 6.08. The molecule has 1 amide bonds. The summed E-state index contributed by atoms with van der Waals surface area (Å²) in [6, 6.07) is 9.51. The fourth-order valence-corrected chi connectivity index (χ4v) is 2.91. The van der Waals surface area contributed by atoms with Crippen LogP contribution in [0, 0.1) is 10.1 Å². The SMILES string of the molecule is O=C1NC(=S)S/C1=C\c1ccc(-c2ccc([N+](=O)[O-])cc2)o1. The van der Waals surface area contributed by atoms with E-state index in [1.54, 1.807) is 30.3 Å². The van der Waals surface area contributed by atoms with Crippen molar-refractivity contribution in [3.05, 3.63) is 57.2 Å². The Balaban J connectivity index is 1.85. The minimum atomic E-state index is -0.458. The summed E-state index contributed by atoms with van der Waals surface area (Å²) in [7, 11) is 0. The van der Waals surface area contributed by atoms with E-state index in [1.165, 1.54) is 23.9 Å². The third-order valence-corrected chi connectivity index (χ3v) is 4.07. The van der Waals surface area contributed by atoms with Crippen LogP contribution < -0.4 is 5.32 Å². The molecule has 6 nitrogen and oxygen atoms in total.